The summed E-state index contributed by atoms with van der Waals surface area (Å²) in [7, 11) is 1.50. The maximum absolute atomic E-state index is 14.0. The van der Waals surface area contributed by atoms with Gasteiger partial charge in [0, 0.05) is 20.7 Å². The van der Waals surface area contributed by atoms with Gasteiger partial charge in [-0.15, -0.1) is 0 Å². The minimum absolute atomic E-state index is 0.218. The van der Waals surface area contributed by atoms with E-state index in [1.54, 1.807) is 60.7 Å². The van der Waals surface area contributed by atoms with Crippen molar-refractivity contribution in [3.8, 4) is 5.75 Å². The number of ether oxygens (including phenoxy) is 1. The number of hydrogen-bond acceptors (Lipinski definition) is 5. The number of benzene rings is 3. The number of halogens is 2. The molecule has 0 N–H and O–H groups in total. The molecule has 4 atom stereocenters. The van der Waals surface area contributed by atoms with Crippen LogP contribution in [0.25, 0.3) is 6.08 Å². The van der Waals surface area contributed by atoms with E-state index in [2.05, 4.69) is 15.9 Å². The molecular formula is C28H20BrClN2O4. The Labute approximate surface area is 221 Å². The van der Waals surface area contributed by atoms with Gasteiger partial charge in [0.25, 0.3) is 0 Å². The summed E-state index contributed by atoms with van der Waals surface area (Å²) in [6, 6.07) is 18.1. The Bertz CT molecular complexity index is 1450. The van der Waals surface area contributed by atoms with Gasteiger partial charge in [-0.2, -0.15) is 0 Å². The van der Waals surface area contributed by atoms with Gasteiger partial charge in [0.2, 0.25) is 11.8 Å². The molecule has 180 valence electrons. The number of rotatable bonds is 4. The van der Waals surface area contributed by atoms with E-state index in [0.717, 1.165) is 15.7 Å². The van der Waals surface area contributed by atoms with Crippen molar-refractivity contribution in [2.45, 2.75) is 12.1 Å². The fourth-order valence-corrected chi connectivity index (χ4v) is 6.10. The Hall–Kier alpha value is -3.42. The summed E-state index contributed by atoms with van der Waals surface area (Å²) in [5.41, 5.74) is 2.47. The smallest absolute Gasteiger partial charge is 0.240 e. The number of ketones is 1. The predicted molar refractivity (Wildman–Crippen MR) is 141 cm³/mol. The zero-order valence-electron chi connectivity index (χ0n) is 19.1. The number of anilines is 2. The Kier molecular flexibility index (Phi) is 5.50. The molecular weight excluding hydrogens is 544 g/mol. The average Bonchev–Trinajstić information content (AvgIpc) is 3.36. The minimum Gasteiger partial charge on any atom is -0.495 e. The van der Waals surface area contributed by atoms with E-state index in [1.807, 2.05) is 23.1 Å². The largest absolute Gasteiger partial charge is 0.495 e. The SMILES string of the molecule is COc1ccccc1N1C(=O)[C@@H]2[C@H](C1=O)[C@H](C(=O)c1ccc(Br)cc1)N1c3cc(Cl)ccc3C=C[C@@H]21. The molecule has 2 fully saturated rings. The number of carbonyl (C=O) groups is 3. The molecule has 6 rings (SSSR count). The Morgan fingerprint density at radius 1 is 0.944 bits per heavy atom. The van der Waals surface area contributed by atoms with E-state index in [9.17, 15) is 14.4 Å². The summed E-state index contributed by atoms with van der Waals surface area (Å²) < 4.78 is 6.28. The molecule has 2 saturated heterocycles. The number of methoxy groups -OCH3 is 1. The van der Waals surface area contributed by atoms with Crippen molar-refractivity contribution in [3.63, 3.8) is 0 Å². The van der Waals surface area contributed by atoms with Gasteiger partial charge in [0.1, 0.15) is 11.8 Å². The van der Waals surface area contributed by atoms with Crippen molar-refractivity contribution in [3.05, 3.63) is 93.4 Å². The fraction of sp³-hybridized carbons (Fsp3) is 0.179. The van der Waals surface area contributed by atoms with Crippen molar-refractivity contribution in [1.29, 1.82) is 0 Å². The molecule has 8 heteroatoms. The molecule has 3 heterocycles. The summed E-state index contributed by atoms with van der Waals surface area (Å²) in [6.45, 7) is 0. The van der Waals surface area contributed by atoms with E-state index < -0.39 is 29.8 Å². The van der Waals surface area contributed by atoms with Crippen LogP contribution in [0.1, 0.15) is 15.9 Å². The summed E-state index contributed by atoms with van der Waals surface area (Å²) in [5, 5.41) is 0.517. The van der Waals surface area contributed by atoms with E-state index in [-0.39, 0.29) is 11.7 Å². The molecule has 0 radical (unpaired) electrons. The van der Waals surface area contributed by atoms with Crippen LogP contribution in [-0.4, -0.2) is 36.8 Å². The summed E-state index contributed by atoms with van der Waals surface area (Å²) in [4.78, 5) is 45.0. The lowest BCUT2D eigenvalue weighted by molar-refractivity contribution is -0.122. The molecule has 3 aliphatic heterocycles. The van der Waals surface area contributed by atoms with Gasteiger partial charge in [0.15, 0.2) is 5.78 Å². The minimum atomic E-state index is -0.875. The van der Waals surface area contributed by atoms with Crippen LogP contribution in [0, 0.1) is 11.8 Å². The van der Waals surface area contributed by atoms with E-state index in [0.29, 0.717) is 22.0 Å². The number of imide groups is 1. The molecule has 3 aliphatic rings. The van der Waals surface area contributed by atoms with Gasteiger partial charge in [-0.25, -0.2) is 4.90 Å². The van der Waals surface area contributed by atoms with Crippen LogP contribution in [0.5, 0.6) is 5.75 Å². The quantitative estimate of drug-likeness (QED) is 0.315. The first kappa shape index (κ1) is 23.0. The number of para-hydroxylation sites is 2. The number of fused-ring (bicyclic) bond motifs is 5. The van der Waals surface area contributed by atoms with Crippen LogP contribution in [0.3, 0.4) is 0 Å². The topological polar surface area (TPSA) is 66.9 Å². The third kappa shape index (κ3) is 3.33. The number of nitrogens with zero attached hydrogens (tertiary/aromatic N) is 2. The maximum atomic E-state index is 14.0. The van der Waals surface area contributed by atoms with Gasteiger partial charge in [-0.05, 0) is 42.0 Å². The lowest BCUT2D eigenvalue weighted by Gasteiger charge is -2.36. The van der Waals surface area contributed by atoms with E-state index in [1.165, 1.54) is 12.0 Å². The zero-order valence-corrected chi connectivity index (χ0v) is 21.4. The molecule has 6 nitrogen and oxygen atoms in total. The molecule has 3 aromatic carbocycles. The van der Waals surface area contributed by atoms with E-state index in [4.69, 9.17) is 16.3 Å². The number of hydrogen-bond donors (Lipinski definition) is 0. The first-order valence-corrected chi connectivity index (χ1v) is 12.6. The number of carbonyl (C=O) groups excluding carboxylic acids is 3. The average molecular weight is 564 g/mol. The highest BCUT2D eigenvalue weighted by molar-refractivity contribution is 9.10. The molecule has 0 unspecified atom stereocenters. The molecule has 0 bridgehead atoms. The highest BCUT2D eigenvalue weighted by atomic mass is 79.9. The summed E-state index contributed by atoms with van der Waals surface area (Å²) in [6.07, 6.45) is 3.85. The number of Topliss-reactive ketones (excluding diaryl/α,β-unsaturated/α-hetero) is 1. The van der Waals surface area contributed by atoms with Crippen LogP contribution >= 0.6 is 27.5 Å². The lowest BCUT2D eigenvalue weighted by Crippen LogP contribution is -2.48. The van der Waals surface area contributed by atoms with Gasteiger partial charge in [0.05, 0.1) is 30.7 Å². The van der Waals surface area contributed by atoms with Crippen LogP contribution in [0.15, 0.2) is 77.3 Å². The first-order chi connectivity index (χ1) is 17.4. The first-order valence-electron chi connectivity index (χ1n) is 11.5. The van der Waals surface area contributed by atoms with E-state index >= 15 is 0 Å². The van der Waals surface area contributed by atoms with Gasteiger partial charge < -0.3 is 9.64 Å². The van der Waals surface area contributed by atoms with Crippen LogP contribution in [0.4, 0.5) is 11.4 Å². The Balaban J connectivity index is 1.51. The number of amides is 2. The van der Waals surface area contributed by atoms with Crippen molar-refractivity contribution in [1.82, 2.24) is 0 Å². The standard InChI is InChI=1S/C28H20BrClN2O4/c1-36-22-5-3-2-4-19(22)32-27(34)23-20-13-9-15-8-12-18(30)14-21(15)31(20)25(24(23)28(32)35)26(33)16-6-10-17(29)11-7-16/h2-14,20,23-25H,1H3/t20-,23-,24-,25+/m0/s1. The molecule has 3 aromatic rings. The Morgan fingerprint density at radius 2 is 1.67 bits per heavy atom. The summed E-state index contributed by atoms with van der Waals surface area (Å²) in [5.74, 6) is -2.14. The highest BCUT2D eigenvalue weighted by Crippen LogP contribution is 2.51. The van der Waals surface area contributed by atoms with Crippen LogP contribution < -0.4 is 14.5 Å². The molecule has 2 amide bonds. The van der Waals surface area contributed by atoms with Crippen molar-refractivity contribution >= 4 is 62.6 Å². The predicted octanol–water partition coefficient (Wildman–Crippen LogP) is 5.38. The van der Waals surface area contributed by atoms with Crippen molar-refractivity contribution < 1.29 is 19.1 Å². The molecule has 0 saturated carbocycles. The van der Waals surface area contributed by atoms with Crippen molar-refractivity contribution in [2.75, 3.05) is 16.9 Å². The zero-order chi connectivity index (χ0) is 25.1. The van der Waals surface area contributed by atoms with Crippen molar-refractivity contribution in [2.24, 2.45) is 11.8 Å². The second-order valence-corrected chi connectivity index (χ2v) is 10.4. The molecule has 0 aliphatic carbocycles. The highest BCUT2D eigenvalue weighted by Gasteiger charge is 2.64. The second-order valence-electron chi connectivity index (χ2n) is 9.01. The van der Waals surface area contributed by atoms with Crippen LogP contribution in [-0.2, 0) is 9.59 Å². The molecule has 0 spiro atoms. The fourth-order valence-electron chi connectivity index (χ4n) is 5.67. The third-order valence-electron chi connectivity index (χ3n) is 7.19. The maximum Gasteiger partial charge on any atom is 0.240 e. The van der Waals surface area contributed by atoms with Crippen LogP contribution in [0.2, 0.25) is 5.02 Å². The van der Waals surface area contributed by atoms with Gasteiger partial charge in [-0.1, -0.05) is 70.0 Å². The summed E-state index contributed by atoms with van der Waals surface area (Å²) >= 11 is 9.76. The molecule has 0 aromatic heterocycles. The normalized spacial score (nSPS) is 24.0. The Morgan fingerprint density at radius 3 is 2.42 bits per heavy atom. The lowest BCUT2D eigenvalue weighted by atomic mass is 9.86. The second kappa shape index (κ2) is 8.61. The third-order valence-corrected chi connectivity index (χ3v) is 7.96. The van der Waals surface area contributed by atoms with Gasteiger partial charge in [-0.3, -0.25) is 14.4 Å². The van der Waals surface area contributed by atoms with Gasteiger partial charge >= 0.3 is 0 Å². The molecule has 36 heavy (non-hydrogen) atoms. The monoisotopic (exact) mass is 562 g/mol.